The largest absolute Gasteiger partial charge is 0.395 e. The number of rotatable bonds is 8. The van der Waals surface area contributed by atoms with Gasteiger partial charge in [-0.3, -0.25) is 9.69 Å². The molecule has 5 nitrogen and oxygen atoms in total. The van der Waals surface area contributed by atoms with Crippen molar-refractivity contribution >= 4 is 11.6 Å². The third-order valence-electron chi connectivity index (χ3n) is 3.26. The van der Waals surface area contributed by atoms with E-state index in [-0.39, 0.29) is 12.5 Å². The highest BCUT2D eigenvalue weighted by atomic mass is 16.3. The maximum absolute atomic E-state index is 11.8. The fraction of sp³-hybridized carbons (Fsp3) is 0.500. The van der Waals surface area contributed by atoms with Gasteiger partial charge in [0.2, 0.25) is 5.91 Å². The minimum atomic E-state index is -0.0348. The number of hydrogen-bond acceptors (Lipinski definition) is 4. The fourth-order valence-corrected chi connectivity index (χ4v) is 2.05. The van der Waals surface area contributed by atoms with Crippen LogP contribution in [0.25, 0.3) is 0 Å². The second-order valence-corrected chi connectivity index (χ2v) is 5.19. The van der Waals surface area contributed by atoms with Gasteiger partial charge in [0.05, 0.1) is 18.2 Å². The van der Waals surface area contributed by atoms with Crippen molar-refractivity contribution in [2.24, 2.45) is 0 Å². The van der Waals surface area contributed by atoms with Crippen molar-refractivity contribution in [3.05, 3.63) is 29.8 Å². The maximum atomic E-state index is 11.8. The summed E-state index contributed by atoms with van der Waals surface area (Å²) in [5.74, 6) is -0.0348. The Labute approximate surface area is 126 Å². The van der Waals surface area contributed by atoms with Crippen LogP contribution in [0.3, 0.4) is 0 Å². The number of carbonyl (C=O) groups excluding carboxylic acids is 1. The van der Waals surface area contributed by atoms with Crippen molar-refractivity contribution in [3.63, 3.8) is 0 Å². The molecule has 0 atom stereocenters. The molecule has 0 aliphatic heterocycles. The Morgan fingerprint density at radius 3 is 2.52 bits per heavy atom. The highest BCUT2D eigenvalue weighted by molar-refractivity contribution is 5.90. The summed E-state index contributed by atoms with van der Waals surface area (Å²) in [4.78, 5) is 14.0. The minimum Gasteiger partial charge on any atom is -0.395 e. The second kappa shape index (κ2) is 9.11. The van der Waals surface area contributed by atoms with E-state index in [1.165, 1.54) is 0 Å². The molecule has 2 N–H and O–H groups in total. The molecule has 1 aromatic rings. The van der Waals surface area contributed by atoms with E-state index in [1.807, 2.05) is 6.07 Å². The standard InChI is InChI=1S/C16H23N3O2/c1-13(2)19(10-11-20)9-3-4-16(21)18-15-7-5-14(12-17)6-8-15/h5-8,13,20H,3-4,9-11H2,1-2H3,(H,18,21). The lowest BCUT2D eigenvalue weighted by Gasteiger charge is -2.25. The molecule has 0 aliphatic carbocycles. The first kappa shape index (κ1) is 17.2. The van der Waals surface area contributed by atoms with Crippen molar-refractivity contribution in [2.45, 2.75) is 32.7 Å². The predicted octanol–water partition coefficient (Wildman–Crippen LogP) is 1.98. The third-order valence-corrected chi connectivity index (χ3v) is 3.26. The van der Waals surface area contributed by atoms with Crippen molar-refractivity contribution in [2.75, 3.05) is 25.0 Å². The second-order valence-electron chi connectivity index (χ2n) is 5.19. The van der Waals surface area contributed by atoms with Gasteiger partial charge in [0.1, 0.15) is 0 Å². The van der Waals surface area contributed by atoms with Crippen molar-refractivity contribution in [3.8, 4) is 6.07 Å². The summed E-state index contributed by atoms with van der Waals surface area (Å²) in [6.07, 6.45) is 1.19. The molecule has 0 saturated carbocycles. The molecule has 0 fully saturated rings. The number of aliphatic hydroxyl groups excluding tert-OH is 1. The van der Waals surface area contributed by atoms with Gasteiger partial charge in [-0.05, 0) is 51.1 Å². The van der Waals surface area contributed by atoms with Crippen LogP contribution in [0.2, 0.25) is 0 Å². The van der Waals surface area contributed by atoms with Crippen LogP contribution in [0.4, 0.5) is 5.69 Å². The predicted molar refractivity (Wildman–Crippen MR) is 82.8 cm³/mol. The summed E-state index contributed by atoms with van der Waals surface area (Å²) < 4.78 is 0. The van der Waals surface area contributed by atoms with Gasteiger partial charge in [0.15, 0.2) is 0 Å². The Morgan fingerprint density at radius 2 is 2.00 bits per heavy atom. The molecule has 114 valence electrons. The number of aliphatic hydroxyl groups is 1. The van der Waals surface area contributed by atoms with Gasteiger partial charge in [0, 0.05) is 24.7 Å². The first-order chi connectivity index (χ1) is 10.1. The summed E-state index contributed by atoms with van der Waals surface area (Å²) in [5, 5.41) is 20.5. The highest BCUT2D eigenvalue weighted by Crippen LogP contribution is 2.10. The number of nitriles is 1. The number of amides is 1. The van der Waals surface area contributed by atoms with Crippen LogP contribution in [-0.4, -0.2) is 41.7 Å². The first-order valence-corrected chi connectivity index (χ1v) is 7.21. The quantitative estimate of drug-likeness (QED) is 0.767. The molecule has 1 rings (SSSR count). The maximum Gasteiger partial charge on any atom is 0.224 e. The van der Waals surface area contributed by atoms with Gasteiger partial charge in [-0.25, -0.2) is 0 Å². The van der Waals surface area contributed by atoms with Gasteiger partial charge in [0.25, 0.3) is 0 Å². The molecule has 0 spiro atoms. The molecule has 0 aliphatic rings. The Balaban J connectivity index is 2.35. The number of anilines is 1. The van der Waals surface area contributed by atoms with E-state index < -0.39 is 0 Å². The molecule has 0 unspecified atom stereocenters. The van der Waals surface area contributed by atoms with Gasteiger partial charge in [-0.2, -0.15) is 5.26 Å². The molecule has 5 heteroatoms. The molecular formula is C16H23N3O2. The average molecular weight is 289 g/mol. The van der Waals surface area contributed by atoms with Crippen LogP contribution in [0, 0.1) is 11.3 Å². The third kappa shape index (κ3) is 6.39. The summed E-state index contributed by atoms with van der Waals surface area (Å²) in [6, 6.07) is 9.20. The summed E-state index contributed by atoms with van der Waals surface area (Å²) in [7, 11) is 0. The zero-order valence-corrected chi connectivity index (χ0v) is 12.7. The number of nitrogens with zero attached hydrogens (tertiary/aromatic N) is 2. The van der Waals surface area contributed by atoms with Crippen molar-refractivity contribution in [1.29, 1.82) is 5.26 Å². The normalized spacial score (nSPS) is 10.7. The van der Waals surface area contributed by atoms with Gasteiger partial charge >= 0.3 is 0 Å². The van der Waals surface area contributed by atoms with E-state index in [1.54, 1.807) is 24.3 Å². The highest BCUT2D eigenvalue weighted by Gasteiger charge is 2.09. The van der Waals surface area contributed by atoms with E-state index in [2.05, 4.69) is 24.1 Å². The van der Waals surface area contributed by atoms with Crippen LogP contribution < -0.4 is 5.32 Å². The van der Waals surface area contributed by atoms with Crippen LogP contribution in [0.15, 0.2) is 24.3 Å². The molecule has 0 radical (unpaired) electrons. The van der Waals surface area contributed by atoms with Crippen LogP contribution >= 0.6 is 0 Å². The van der Waals surface area contributed by atoms with E-state index in [9.17, 15) is 4.79 Å². The van der Waals surface area contributed by atoms with Gasteiger partial charge in [-0.1, -0.05) is 0 Å². The Bertz CT molecular complexity index is 477. The molecule has 0 heterocycles. The van der Waals surface area contributed by atoms with Gasteiger partial charge in [-0.15, -0.1) is 0 Å². The first-order valence-electron chi connectivity index (χ1n) is 7.21. The molecular weight excluding hydrogens is 266 g/mol. The molecule has 0 bridgehead atoms. The Kier molecular flexibility index (Phi) is 7.44. The van der Waals surface area contributed by atoms with E-state index in [0.29, 0.717) is 30.3 Å². The minimum absolute atomic E-state index is 0.0348. The number of nitrogens with one attached hydrogen (secondary N) is 1. The fourth-order valence-electron chi connectivity index (χ4n) is 2.05. The van der Waals surface area contributed by atoms with Crippen molar-refractivity contribution < 1.29 is 9.90 Å². The average Bonchev–Trinajstić information content (AvgIpc) is 2.47. The van der Waals surface area contributed by atoms with Crippen LogP contribution in [0.5, 0.6) is 0 Å². The molecule has 21 heavy (non-hydrogen) atoms. The van der Waals surface area contributed by atoms with E-state index in [0.717, 1.165) is 13.0 Å². The van der Waals surface area contributed by atoms with Crippen LogP contribution in [0.1, 0.15) is 32.3 Å². The number of hydrogen-bond donors (Lipinski definition) is 2. The van der Waals surface area contributed by atoms with Gasteiger partial charge < -0.3 is 10.4 Å². The monoisotopic (exact) mass is 289 g/mol. The van der Waals surface area contributed by atoms with Crippen LogP contribution in [-0.2, 0) is 4.79 Å². The zero-order valence-electron chi connectivity index (χ0n) is 12.7. The van der Waals surface area contributed by atoms with E-state index in [4.69, 9.17) is 10.4 Å². The SMILES string of the molecule is CC(C)N(CCO)CCCC(=O)Nc1ccc(C#N)cc1. The molecule has 1 amide bonds. The summed E-state index contributed by atoms with van der Waals surface area (Å²) >= 11 is 0. The lowest BCUT2D eigenvalue weighted by Crippen LogP contribution is -2.34. The summed E-state index contributed by atoms with van der Waals surface area (Å²) in [5.41, 5.74) is 1.28. The number of carbonyl (C=O) groups is 1. The topological polar surface area (TPSA) is 76.4 Å². The smallest absolute Gasteiger partial charge is 0.224 e. The lowest BCUT2D eigenvalue weighted by atomic mass is 10.2. The molecule has 0 saturated heterocycles. The van der Waals surface area contributed by atoms with Crippen molar-refractivity contribution in [1.82, 2.24) is 4.90 Å². The Morgan fingerprint density at radius 1 is 1.33 bits per heavy atom. The molecule has 0 aromatic heterocycles. The summed E-state index contributed by atoms with van der Waals surface area (Å²) in [6.45, 7) is 5.71. The zero-order chi connectivity index (χ0) is 15.7. The number of benzene rings is 1. The lowest BCUT2D eigenvalue weighted by molar-refractivity contribution is -0.116. The Hall–Kier alpha value is -1.90. The molecule has 1 aromatic carbocycles. The van der Waals surface area contributed by atoms with E-state index >= 15 is 0 Å².